The molecule has 1 aromatic rings. The van der Waals surface area contributed by atoms with Gasteiger partial charge in [0, 0.05) is 49.5 Å². The van der Waals surface area contributed by atoms with Crippen molar-refractivity contribution in [1.29, 1.82) is 0 Å². The lowest BCUT2D eigenvalue weighted by Gasteiger charge is -2.36. The number of piperazine rings is 1. The van der Waals surface area contributed by atoms with Gasteiger partial charge in [-0.15, -0.1) is 24.0 Å². The van der Waals surface area contributed by atoms with Crippen molar-refractivity contribution in [2.45, 2.75) is 25.8 Å². The number of hydrogen-bond donors (Lipinski definition) is 2. The molecule has 0 aromatic heterocycles. The maximum absolute atomic E-state index is 12.4. The quantitative estimate of drug-likeness (QED) is 0.377. The number of benzene rings is 1. The molecule has 144 valence electrons. The van der Waals surface area contributed by atoms with Crippen LogP contribution in [0.4, 0.5) is 5.69 Å². The molecule has 1 aliphatic carbocycles. The lowest BCUT2D eigenvalue weighted by Crippen LogP contribution is -2.49. The summed E-state index contributed by atoms with van der Waals surface area (Å²) in [6.45, 7) is 6.14. The second-order valence-electron chi connectivity index (χ2n) is 6.46. The normalized spacial score (nSPS) is 17.5. The first-order valence-electron chi connectivity index (χ1n) is 8.99. The molecule has 2 aliphatic rings. The lowest BCUT2D eigenvalue weighted by atomic mass is 10.2. The van der Waals surface area contributed by atoms with Gasteiger partial charge in [-0.05, 0) is 44.0 Å². The van der Waals surface area contributed by atoms with Crippen LogP contribution in [0.1, 0.15) is 19.8 Å². The molecule has 0 atom stereocenters. The lowest BCUT2D eigenvalue weighted by molar-refractivity contribution is -0.129. The Kier molecular flexibility index (Phi) is 8.27. The Balaban J connectivity index is 0.00000243. The van der Waals surface area contributed by atoms with Crippen molar-refractivity contribution in [3.05, 3.63) is 29.3 Å². The number of aliphatic imine (C=N–C) groups is 1. The summed E-state index contributed by atoms with van der Waals surface area (Å²) >= 11 is 5.94. The summed E-state index contributed by atoms with van der Waals surface area (Å²) in [4.78, 5) is 21.0. The van der Waals surface area contributed by atoms with Gasteiger partial charge >= 0.3 is 0 Å². The van der Waals surface area contributed by atoms with Gasteiger partial charge < -0.3 is 20.4 Å². The molecular formula is C18H27ClIN5O. The van der Waals surface area contributed by atoms with Crippen molar-refractivity contribution in [1.82, 2.24) is 15.5 Å². The summed E-state index contributed by atoms with van der Waals surface area (Å²) in [6, 6.07) is 8.37. The molecule has 2 N–H and O–H groups in total. The largest absolute Gasteiger partial charge is 0.368 e. The van der Waals surface area contributed by atoms with Crippen LogP contribution in [0.25, 0.3) is 0 Å². The number of rotatable bonds is 5. The number of nitrogens with zero attached hydrogens (tertiary/aromatic N) is 3. The van der Waals surface area contributed by atoms with E-state index in [-0.39, 0.29) is 36.4 Å². The minimum absolute atomic E-state index is 0. The molecule has 6 nitrogen and oxygen atoms in total. The van der Waals surface area contributed by atoms with Crippen LogP contribution < -0.4 is 15.5 Å². The molecule has 0 unspecified atom stereocenters. The maximum atomic E-state index is 12.4. The number of nitrogens with one attached hydrogen (secondary N) is 2. The molecule has 1 aromatic carbocycles. The van der Waals surface area contributed by atoms with E-state index in [2.05, 4.69) is 20.5 Å². The van der Waals surface area contributed by atoms with Crippen LogP contribution in [0.3, 0.4) is 0 Å². The molecule has 1 aliphatic heterocycles. The highest BCUT2D eigenvalue weighted by Crippen LogP contribution is 2.20. The van der Waals surface area contributed by atoms with Crippen LogP contribution in [-0.2, 0) is 4.79 Å². The van der Waals surface area contributed by atoms with Gasteiger partial charge in [0.25, 0.3) is 0 Å². The smallest absolute Gasteiger partial charge is 0.244 e. The number of carbonyl (C=O) groups excluding carboxylic acids is 1. The molecule has 0 bridgehead atoms. The third-order valence-electron chi connectivity index (χ3n) is 4.46. The van der Waals surface area contributed by atoms with E-state index in [0.29, 0.717) is 6.04 Å². The van der Waals surface area contributed by atoms with Gasteiger partial charge in [-0.2, -0.15) is 0 Å². The number of halogens is 2. The van der Waals surface area contributed by atoms with Crippen LogP contribution in [0.5, 0.6) is 0 Å². The Morgan fingerprint density at radius 2 is 1.85 bits per heavy atom. The highest BCUT2D eigenvalue weighted by atomic mass is 127. The van der Waals surface area contributed by atoms with E-state index in [9.17, 15) is 4.79 Å². The van der Waals surface area contributed by atoms with Gasteiger partial charge in [-0.3, -0.25) is 4.79 Å². The van der Waals surface area contributed by atoms with Crippen molar-refractivity contribution in [3.8, 4) is 0 Å². The van der Waals surface area contributed by atoms with Crippen LogP contribution in [0, 0.1) is 0 Å². The summed E-state index contributed by atoms with van der Waals surface area (Å²) in [5.41, 5.74) is 1.15. The number of carbonyl (C=O) groups is 1. The first kappa shape index (κ1) is 21.1. The van der Waals surface area contributed by atoms with Crippen LogP contribution in [0.2, 0.25) is 5.02 Å². The number of anilines is 1. The van der Waals surface area contributed by atoms with E-state index in [1.54, 1.807) is 0 Å². The van der Waals surface area contributed by atoms with E-state index >= 15 is 0 Å². The van der Waals surface area contributed by atoms with Gasteiger partial charge in [0.1, 0.15) is 6.54 Å². The maximum Gasteiger partial charge on any atom is 0.244 e. The van der Waals surface area contributed by atoms with E-state index in [1.165, 1.54) is 12.8 Å². The third kappa shape index (κ3) is 6.19. The zero-order chi connectivity index (χ0) is 17.6. The minimum Gasteiger partial charge on any atom is -0.368 e. The van der Waals surface area contributed by atoms with Crippen molar-refractivity contribution in [2.75, 3.05) is 44.2 Å². The molecule has 1 saturated carbocycles. The molecule has 26 heavy (non-hydrogen) atoms. The average molecular weight is 492 g/mol. The molecule has 3 rings (SSSR count). The van der Waals surface area contributed by atoms with E-state index < -0.39 is 0 Å². The Hall–Kier alpha value is -1.22. The Labute approximate surface area is 177 Å². The van der Waals surface area contributed by atoms with Gasteiger partial charge in [0.15, 0.2) is 5.96 Å². The highest BCUT2D eigenvalue weighted by Gasteiger charge is 2.23. The van der Waals surface area contributed by atoms with Gasteiger partial charge in [0.05, 0.1) is 0 Å². The van der Waals surface area contributed by atoms with Crippen molar-refractivity contribution in [2.24, 2.45) is 4.99 Å². The molecule has 1 heterocycles. The second-order valence-corrected chi connectivity index (χ2v) is 6.89. The SMILES string of the molecule is CCNC(=NCC(=O)N1CCN(c2ccc(Cl)cc2)CC1)NC1CC1.I. The van der Waals surface area contributed by atoms with Crippen molar-refractivity contribution in [3.63, 3.8) is 0 Å². The third-order valence-corrected chi connectivity index (χ3v) is 4.71. The van der Waals surface area contributed by atoms with Crippen molar-refractivity contribution >= 4 is 53.1 Å². The van der Waals surface area contributed by atoms with Crippen LogP contribution >= 0.6 is 35.6 Å². The zero-order valence-corrected chi connectivity index (χ0v) is 18.2. The first-order chi connectivity index (χ1) is 12.2. The second kappa shape index (κ2) is 10.2. The summed E-state index contributed by atoms with van der Waals surface area (Å²) in [7, 11) is 0. The molecule has 0 radical (unpaired) electrons. The van der Waals surface area contributed by atoms with E-state index in [4.69, 9.17) is 11.6 Å². The Bertz CT molecular complexity index is 613. The summed E-state index contributed by atoms with van der Waals surface area (Å²) in [6.07, 6.45) is 2.37. The fourth-order valence-corrected chi connectivity index (χ4v) is 2.98. The fraction of sp³-hybridized carbons (Fsp3) is 0.556. The van der Waals surface area contributed by atoms with Gasteiger partial charge in [-0.1, -0.05) is 11.6 Å². The summed E-state index contributed by atoms with van der Waals surface area (Å²) < 4.78 is 0. The van der Waals surface area contributed by atoms with Crippen LogP contribution in [0.15, 0.2) is 29.3 Å². The predicted octanol–water partition coefficient (Wildman–Crippen LogP) is 2.32. The van der Waals surface area contributed by atoms with Gasteiger partial charge in [0.2, 0.25) is 5.91 Å². The van der Waals surface area contributed by atoms with E-state index in [0.717, 1.165) is 49.4 Å². The predicted molar refractivity (Wildman–Crippen MR) is 118 cm³/mol. The monoisotopic (exact) mass is 491 g/mol. The van der Waals surface area contributed by atoms with Gasteiger partial charge in [-0.25, -0.2) is 4.99 Å². The fourth-order valence-electron chi connectivity index (χ4n) is 2.85. The van der Waals surface area contributed by atoms with E-state index in [1.807, 2.05) is 36.1 Å². The number of guanidine groups is 1. The first-order valence-corrected chi connectivity index (χ1v) is 9.36. The van der Waals surface area contributed by atoms with Crippen molar-refractivity contribution < 1.29 is 4.79 Å². The minimum atomic E-state index is 0. The molecule has 1 amide bonds. The molecular weight excluding hydrogens is 465 g/mol. The topological polar surface area (TPSA) is 60.0 Å². The number of hydrogen-bond acceptors (Lipinski definition) is 3. The summed E-state index contributed by atoms with van der Waals surface area (Å²) in [5.74, 6) is 0.835. The Morgan fingerprint density at radius 1 is 1.19 bits per heavy atom. The highest BCUT2D eigenvalue weighted by molar-refractivity contribution is 14.0. The summed E-state index contributed by atoms with van der Waals surface area (Å²) in [5, 5.41) is 7.27. The molecule has 8 heteroatoms. The standard InChI is InChI=1S/C18H26ClN5O.HI/c1-2-20-18(22-15-5-6-15)21-13-17(25)24-11-9-23(10-12-24)16-7-3-14(19)4-8-16;/h3-4,7-8,15H,2,5-6,9-13H2,1H3,(H2,20,21,22);1H. The Morgan fingerprint density at radius 3 is 2.42 bits per heavy atom. The molecule has 0 spiro atoms. The van der Waals surface area contributed by atoms with Crippen LogP contribution in [-0.4, -0.2) is 62.1 Å². The molecule has 2 fully saturated rings. The number of amides is 1. The molecule has 1 saturated heterocycles. The average Bonchev–Trinajstić information content (AvgIpc) is 3.44. The zero-order valence-electron chi connectivity index (χ0n) is 15.1.